The van der Waals surface area contributed by atoms with Crippen LogP contribution in [-0.2, 0) is 6.42 Å². The summed E-state index contributed by atoms with van der Waals surface area (Å²) in [5.74, 6) is 1.74. The predicted molar refractivity (Wildman–Crippen MR) is 88.8 cm³/mol. The summed E-state index contributed by atoms with van der Waals surface area (Å²) in [5.41, 5.74) is 2.08. The maximum Gasteiger partial charge on any atom is 0.136 e. The van der Waals surface area contributed by atoms with Crippen molar-refractivity contribution in [2.24, 2.45) is 0 Å². The molecule has 3 nitrogen and oxygen atoms in total. The van der Waals surface area contributed by atoms with Crippen LogP contribution in [0.3, 0.4) is 0 Å². The molecule has 0 fully saturated rings. The number of thiophene rings is 1. The van der Waals surface area contributed by atoms with Crippen LogP contribution in [0.15, 0.2) is 53.9 Å². The molecule has 2 aromatic heterocycles. The lowest BCUT2D eigenvalue weighted by Crippen LogP contribution is -2.05. The minimum Gasteiger partial charge on any atom is -0.370 e. The van der Waals surface area contributed by atoms with Gasteiger partial charge in [-0.25, -0.2) is 9.97 Å². The standard InChI is InChI=1S/C17H17N3S/c1-2-18-16-12-15(13-7-4-3-5-8-13)19-17(20-16)11-14-9-6-10-21-14/h3-10,12H,2,11H2,1H3,(H,18,19,20). The fourth-order valence-electron chi connectivity index (χ4n) is 2.17. The summed E-state index contributed by atoms with van der Waals surface area (Å²) in [7, 11) is 0. The smallest absolute Gasteiger partial charge is 0.136 e. The van der Waals surface area contributed by atoms with Crippen molar-refractivity contribution in [2.75, 3.05) is 11.9 Å². The van der Waals surface area contributed by atoms with Gasteiger partial charge in [0.2, 0.25) is 0 Å². The summed E-state index contributed by atoms with van der Waals surface area (Å²) in [6.45, 7) is 2.92. The van der Waals surface area contributed by atoms with E-state index < -0.39 is 0 Å². The van der Waals surface area contributed by atoms with Crippen LogP contribution in [0.2, 0.25) is 0 Å². The Balaban J connectivity index is 1.97. The Hall–Kier alpha value is -2.20. The number of aromatic nitrogens is 2. The number of anilines is 1. The maximum absolute atomic E-state index is 4.72. The molecule has 2 heterocycles. The highest BCUT2D eigenvalue weighted by molar-refractivity contribution is 7.09. The third-order valence-electron chi connectivity index (χ3n) is 3.11. The topological polar surface area (TPSA) is 37.8 Å². The van der Waals surface area contributed by atoms with E-state index in [-0.39, 0.29) is 0 Å². The zero-order chi connectivity index (χ0) is 14.5. The van der Waals surface area contributed by atoms with Crippen LogP contribution in [0, 0.1) is 0 Å². The van der Waals surface area contributed by atoms with Gasteiger partial charge in [-0.2, -0.15) is 0 Å². The summed E-state index contributed by atoms with van der Waals surface area (Å²) in [4.78, 5) is 10.6. The lowest BCUT2D eigenvalue weighted by atomic mass is 10.1. The average Bonchev–Trinajstić information content (AvgIpc) is 3.01. The molecule has 0 saturated heterocycles. The van der Waals surface area contributed by atoms with Crippen molar-refractivity contribution >= 4 is 17.2 Å². The molecule has 0 saturated carbocycles. The van der Waals surface area contributed by atoms with Crippen molar-refractivity contribution in [3.05, 3.63) is 64.6 Å². The molecule has 0 amide bonds. The number of hydrogen-bond acceptors (Lipinski definition) is 4. The van der Waals surface area contributed by atoms with Gasteiger partial charge in [-0.3, -0.25) is 0 Å². The van der Waals surface area contributed by atoms with Gasteiger partial charge < -0.3 is 5.32 Å². The lowest BCUT2D eigenvalue weighted by molar-refractivity contribution is 0.977. The van der Waals surface area contributed by atoms with E-state index in [2.05, 4.69) is 46.9 Å². The summed E-state index contributed by atoms with van der Waals surface area (Å²) in [6, 6.07) is 16.4. The molecule has 0 aliphatic rings. The lowest BCUT2D eigenvalue weighted by Gasteiger charge is -2.08. The van der Waals surface area contributed by atoms with Gasteiger partial charge in [-0.15, -0.1) is 11.3 Å². The minimum absolute atomic E-state index is 0.775. The number of benzene rings is 1. The minimum atomic E-state index is 0.775. The number of nitrogens with one attached hydrogen (secondary N) is 1. The first-order valence-corrected chi connectivity index (χ1v) is 7.93. The van der Waals surface area contributed by atoms with Crippen LogP contribution in [-0.4, -0.2) is 16.5 Å². The Morgan fingerprint density at radius 2 is 1.90 bits per heavy atom. The second-order valence-corrected chi connectivity index (χ2v) is 5.74. The molecule has 1 aromatic carbocycles. The van der Waals surface area contributed by atoms with Crippen molar-refractivity contribution in [1.82, 2.24) is 9.97 Å². The summed E-state index contributed by atoms with van der Waals surface area (Å²) >= 11 is 1.74. The van der Waals surface area contributed by atoms with Crippen LogP contribution in [0.25, 0.3) is 11.3 Å². The van der Waals surface area contributed by atoms with Crippen LogP contribution in [0.1, 0.15) is 17.6 Å². The molecule has 0 spiro atoms. The highest BCUT2D eigenvalue weighted by atomic mass is 32.1. The monoisotopic (exact) mass is 295 g/mol. The van der Waals surface area contributed by atoms with Crippen molar-refractivity contribution in [3.63, 3.8) is 0 Å². The molecule has 1 N–H and O–H groups in total. The van der Waals surface area contributed by atoms with E-state index in [4.69, 9.17) is 4.98 Å². The zero-order valence-electron chi connectivity index (χ0n) is 11.9. The molecule has 4 heteroatoms. The van der Waals surface area contributed by atoms with Crippen LogP contribution in [0.4, 0.5) is 5.82 Å². The average molecular weight is 295 g/mol. The van der Waals surface area contributed by atoms with Crippen LogP contribution in [0.5, 0.6) is 0 Å². The largest absolute Gasteiger partial charge is 0.370 e. The van der Waals surface area contributed by atoms with Gasteiger partial charge in [0.25, 0.3) is 0 Å². The molecule has 0 radical (unpaired) electrons. The van der Waals surface area contributed by atoms with Crippen LogP contribution >= 0.6 is 11.3 Å². The Labute approximate surface area is 128 Å². The molecular formula is C17H17N3S. The second-order valence-electron chi connectivity index (χ2n) is 4.71. The number of rotatable bonds is 5. The zero-order valence-corrected chi connectivity index (χ0v) is 12.7. The van der Waals surface area contributed by atoms with Crippen molar-refractivity contribution in [3.8, 4) is 11.3 Å². The third-order valence-corrected chi connectivity index (χ3v) is 3.99. The summed E-state index contributed by atoms with van der Waals surface area (Å²) in [5, 5.41) is 5.37. The second kappa shape index (κ2) is 6.50. The summed E-state index contributed by atoms with van der Waals surface area (Å²) < 4.78 is 0. The maximum atomic E-state index is 4.72. The Morgan fingerprint density at radius 1 is 1.05 bits per heavy atom. The molecular weight excluding hydrogens is 278 g/mol. The van der Waals surface area contributed by atoms with Gasteiger partial charge in [0.15, 0.2) is 0 Å². The van der Waals surface area contributed by atoms with Gasteiger partial charge in [-0.1, -0.05) is 36.4 Å². The first-order valence-electron chi connectivity index (χ1n) is 7.05. The van der Waals surface area contributed by atoms with E-state index in [1.165, 1.54) is 4.88 Å². The molecule has 0 unspecified atom stereocenters. The van der Waals surface area contributed by atoms with E-state index in [1.807, 2.05) is 24.3 Å². The quantitative estimate of drug-likeness (QED) is 0.765. The Kier molecular flexibility index (Phi) is 4.26. The van der Waals surface area contributed by atoms with Gasteiger partial charge in [0, 0.05) is 29.5 Å². The molecule has 106 valence electrons. The van der Waals surface area contributed by atoms with Gasteiger partial charge in [0.1, 0.15) is 11.6 Å². The fraction of sp³-hybridized carbons (Fsp3) is 0.176. The van der Waals surface area contributed by atoms with E-state index in [9.17, 15) is 0 Å². The predicted octanol–water partition coefficient (Wildman–Crippen LogP) is 4.23. The Morgan fingerprint density at radius 3 is 2.62 bits per heavy atom. The normalized spacial score (nSPS) is 10.5. The van der Waals surface area contributed by atoms with Crippen molar-refractivity contribution < 1.29 is 0 Å². The highest BCUT2D eigenvalue weighted by Crippen LogP contribution is 2.21. The van der Waals surface area contributed by atoms with E-state index >= 15 is 0 Å². The molecule has 0 aliphatic carbocycles. The first-order chi connectivity index (χ1) is 10.3. The molecule has 3 aromatic rings. The summed E-state index contributed by atoms with van der Waals surface area (Å²) in [6.07, 6.45) is 0.775. The SMILES string of the molecule is CCNc1cc(-c2ccccc2)nc(Cc2cccs2)n1. The molecule has 3 rings (SSSR count). The van der Waals surface area contributed by atoms with E-state index in [0.717, 1.165) is 35.9 Å². The van der Waals surface area contributed by atoms with E-state index in [1.54, 1.807) is 11.3 Å². The molecule has 0 aliphatic heterocycles. The highest BCUT2D eigenvalue weighted by Gasteiger charge is 2.07. The van der Waals surface area contributed by atoms with Crippen molar-refractivity contribution in [2.45, 2.75) is 13.3 Å². The first kappa shape index (κ1) is 13.8. The third kappa shape index (κ3) is 3.47. The van der Waals surface area contributed by atoms with Gasteiger partial charge in [-0.05, 0) is 18.4 Å². The molecule has 0 bridgehead atoms. The van der Waals surface area contributed by atoms with Crippen LogP contribution < -0.4 is 5.32 Å². The van der Waals surface area contributed by atoms with Crippen molar-refractivity contribution in [1.29, 1.82) is 0 Å². The number of nitrogens with zero attached hydrogens (tertiary/aromatic N) is 2. The Bertz CT molecular complexity index is 693. The number of hydrogen-bond donors (Lipinski definition) is 1. The molecule has 0 atom stereocenters. The van der Waals surface area contributed by atoms with Gasteiger partial charge >= 0.3 is 0 Å². The van der Waals surface area contributed by atoms with E-state index in [0.29, 0.717) is 0 Å². The molecule has 21 heavy (non-hydrogen) atoms. The van der Waals surface area contributed by atoms with Gasteiger partial charge in [0.05, 0.1) is 5.69 Å². The fourth-order valence-corrected chi connectivity index (χ4v) is 2.88.